The van der Waals surface area contributed by atoms with Crippen molar-refractivity contribution in [1.82, 2.24) is 9.80 Å². The molecule has 0 atom stereocenters. The number of benzene rings is 1. The Hall–Kier alpha value is -2.34. The van der Waals surface area contributed by atoms with Gasteiger partial charge in [0.25, 0.3) is 11.8 Å². The lowest BCUT2D eigenvalue weighted by molar-refractivity contribution is 0.0531. The van der Waals surface area contributed by atoms with Gasteiger partial charge in [-0.2, -0.15) is 0 Å². The molecule has 1 saturated heterocycles. The Morgan fingerprint density at radius 3 is 2.12 bits per heavy atom. The van der Waals surface area contributed by atoms with Crippen LogP contribution in [-0.2, 0) is 0 Å². The first-order valence-electron chi connectivity index (χ1n) is 7.55. The average Bonchev–Trinajstić information content (AvgIpc) is 3.00. The van der Waals surface area contributed by atoms with Crippen LogP contribution >= 0.6 is 11.6 Å². The van der Waals surface area contributed by atoms with Gasteiger partial charge < -0.3 is 14.2 Å². The predicted molar refractivity (Wildman–Crippen MR) is 86.7 cm³/mol. The van der Waals surface area contributed by atoms with Crippen molar-refractivity contribution in [3.8, 4) is 0 Å². The van der Waals surface area contributed by atoms with Crippen molar-refractivity contribution in [3.63, 3.8) is 0 Å². The minimum atomic E-state index is -0.639. The van der Waals surface area contributed by atoms with Gasteiger partial charge in [-0.15, -0.1) is 0 Å². The van der Waals surface area contributed by atoms with Gasteiger partial charge in [-0.05, 0) is 31.2 Å². The van der Waals surface area contributed by atoms with E-state index in [9.17, 15) is 14.0 Å². The fourth-order valence-electron chi connectivity index (χ4n) is 2.72. The van der Waals surface area contributed by atoms with E-state index in [1.165, 1.54) is 18.4 Å². The molecule has 0 saturated carbocycles. The summed E-state index contributed by atoms with van der Waals surface area (Å²) in [6.07, 6.45) is 1.48. The van der Waals surface area contributed by atoms with Crippen molar-refractivity contribution in [2.45, 2.75) is 6.92 Å². The standard InChI is InChI=1S/C17H16ClFN2O3/c1-11-13(4-9-24-11)16(22)20-5-7-21(8-6-20)17(23)14-3-2-12(18)10-15(14)19/h2-4,9-10H,5-8H2,1H3. The van der Waals surface area contributed by atoms with Gasteiger partial charge in [0.05, 0.1) is 17.4 Å². The summed E-state index contributed by atoms with van der Waals surface area (Å²) in [6.45, 7) is 3.22. The molecule has 0 bridgehead atoms. The molecule has 2 amide bonds. The number of carbonyl (C=O) groups is 2. The molecule has 5 nitrogen and oxygen atoms in total. The SMILES string of the molecule is Cc1occc1C(=O)N1CCN(C(=O)c2ccc(Cl)cc2F)CC1. The van der Waals surface area contributed by atoms with E-state index in [-0.39, 0.29) is 16.5 Å². The van der Waals surface area contributed by atoms with E-state index in [1.807, 2.05) is 0 Å². The molecular formula is C17H16ClFN2O3. The maximum absolute atomic E-state index is 13.9. The second-order valence-electron chi connectivity index (χ2n) is 5.60. The zero-order chi connectivity index (χ0) is 17.3. The summed E-state index contributed by atoms with van der Waals surface area (Å²) in [5, 5.41) is 0.245. The quantitative estimate of drug-likeness (QED) is 0.836. The third-order valence-corrected chi connectivity index (χ3v) is 4.34. The van der Waals surface area contributed by atoms with Gasteiger partial charge in [-0.25, -0.2) is 4.39 Å². The van der Waals surface area contributed by atoms with Crippen LogP contribution in [-0.4, -0.2) is 47.8 Å². The van der Waals surface area contributed by atoms with E-state index < -0.39 is 11.7 Å². The van der Waals surface area contributed by atoms with E-state index in [4.69, 9.17) is 16.0 Å². The Labute approximate surface area is 143 Å². The molecule has 0 spiro atoms. The fraction of sp³-hybridized carbons (Fsp3) is 0.294. The smallest absolute Gasteiger partial charge is 0.257 e. The minimum absolute atomic E-state index is 0.00939. The Bertz CT molecular complexity index is 782. The van der Waals surface area contributed by atoms with Crippen LogP contribution in [0.3, 0.4) is 0 Å². The van der Waals surface area contributed by atoms with Crippen molar-refractivity contribution >= 4 is 23.4 Å². The number of halogens is 2. The Morgan fingerprint density at radius 1 is 1.04 bits per heavy atom. The third-order valence-electron chi connectivity index (χ3n) is 4.10. The van der Waals surface area contributed by atoms with E-state index in [0.717, 1.165) is 6.07 Å². The molecule has 1 aromatic carbocycles. The summed E-state index contributed by atoms with van der Waals surface area (Å²) in [5.74, 6) is -0.580. The molecule has 7 heteroatoms. The van der Waals surface area contributed by atoms with Crippen molar-refractivity contribution in [2.75, 3.05) is 26.2 Å². The van der Waals surface area contributed by atoms with Gasteiger partial charge >= 0.3 is 0 Å². The summed E-state index contributed by atoms with van der Waals surface area (Å²) in [7, 11) is 0. The van der Waals surface area contributed by atoms with Crippen LogP contribution in [0.5, 0.6) is 0 Å². The lowest BCUT2D eigenvalue weighted by Crippen LogP contribution is -2.50. The molecule has 0 unspecified atom stereocenters. The molecule has 2 aromatic rings. The van der Waals surface area contributed by atoms with Crippen LogP contribution in [0.15, 0.2) is 34.9 Å². The summed E-state index contributed by atoms with van der Waals surface area (Å²) in [6, 6.07) is 5.63. The monoisotopic (exact) mass is 350 g/mol. The van der Waals surface area contributed by atoms with E-state index in [1.54, 1.807) is 22.8 Å². The normalized spacial score (nSPS) is 14.8. The Balaban J connectivity index is 1.65. The molecule has 24 heavy (non-hydrogen) atoms. The first-order valence-corrected chi connectivity index (χ1v) is 7.93. The average molecular weight is 351 g/mol. The highest BCUT2D eigenvalue weighted by atomic mass is 35.5. The molecule has 1 fully saturated rings. The van der Waals surface area contributed by atoms with E-state index >= 15 is 0 Å². The summed E-state index contributed by atoms with van der Waals surface area (Å²) in [5.41, 5.74) is 0.517. The van der Waals surface area contributed by atoms with Crippen molar-refractivity contribution < 1.29 is 18.4 Å². The number of piperazine rings is 1. The molecule has 1 aliphatic heterocycles. The lowest BCUT2D eigenvalue weighted by Gasteiger charge is -2.34. The minimum Gasteiger partial charge on any atom is -0.469 e. The number of hydrogen-bond donors (Lipinski definition) is 0. The molecule has 3 rings (SSSR count). The number of carbonyl (C=O) groups excluding carboxylic acids is 2. The zero-order valence-corrected chi connectivity index (χ0v) is 13.8. The molecule has 126 valence electrons. The van der Waals surface area contributed by atoms with Crippen LogP contribution in [0, 0.1) is 12.7 Å². The molecule has 1 aliphatic rings. The van der Waals surface area contributed by atoms with Gasteiger partial charge in [0.2, 0.25) is 0 Å². The van der Waals surface area contributed by atoms with Crippen LogP contribution < -0.4 is 0 Å². The summed E-state index contributed by atoms with van der Waals surface area (Å²) < 4.78 is 19.0. The highest BCUT2D eigenvalue weighted by Crippen LogP contribution is 2.18. The van der Waals surface area contributed by atoms with Gasteiger partial charge in [0.15, 0.2) is 0 Å². The summed E-state index contributed by atoms with van der Waals surface area (Å²) in [4.78, 5) is 28.0. The molecule has 2 heterocycles. The highest BCUT2D eigenvalue weighted by molar-refractivity contribution is 6.30. The maximum Gasteiger partial charge on any atom is 0.257 e. The first-order chi connectivity index (χ1) is 11.5. The van der Waals surface area contributed by atoms with E-state index in [0.29, 0.717) is 37.5 Å². The predicted octanol–water partition coefficient (Wildman–Crippen LogP) is 2.98. The highest BCUT2D eigenvalue weighted by Gasteiger charge is 2.27. The van der Waals surface area contributed by atoms with E-state index in [2.05, 4.69) is 0 Å². The number of aryl methyl sites for hydroxylation is 1. The first kappa shape index (κ1) is 16.5. The Kier molecular flexibility index (Phi) is 4.57. The number of rotatable bonds is 2. The van der Waals surface area contributed by atoms with Gasteiger partial charge in [0, 0.05) is 31.2 Å². The van der Waals surface area contributed by atoms with Gasteiger partial charge in [-0.1, -0.05) is 11.6 Å². The maximum atomic E-state index is 13.9. The van der Waals surface area contributed by atoms with Gasteiger partial charge in [0.1, 0.15) is 11.6 Å². The Morgan fingerprint density at radius 2 is 1.62 bits per heavy atom. The van der Waals surface area contributed by atoms with Crippen LogP contribution in [0.1, 0.15) is 26.5 Å². The molecule has 0 aliphatic carbocycles. The second-order valence-corrected chi connectivity index (χ2v) is 6.04. The van der Waals surface area contributed by atoms with Crippen molar-refractivity contribution in [2.24, 2.45) is 0 Å². The molecule has 0 N–H and O–H groups in total. The summed E-state index contributed by atoms with van der Waals surface area (Å²) >= 11 is 5.71. The number of furan rings is 1. The lowest BCUT2D eigenvalue weighted by atomic mass is 10.1. The van der Waals surface area contributed by atoms with Gasteiger partial charge in [-0.3, -0.25) is 9.59 Å². The fourth-order valence-corrected chi connectivity index (χ4v) is 2.88. The topological polar surface area (TPSA) is 53.8 Å². The number of amides is 2. The molecular weight excluding hydrogens is 335 g/mol. The third kappa shape index (κ3) is 3.14. The molecule has 1 aromatic heterocycles. The van der Waals surface area contributed by atoms with Crippen molar-refractivity contribution in [3.05, 3.63) is 58.3 Å². The molecule has 0 radical (unpaired) electrons. The van der Waals surface area contributed by atoms with Crippen LogP contribution in [0.25, 0.3) is 0 Å². The number of nitrogens with zero attached hydrogens (tertiary/aromatic N) is 2. The zero-order valence-electron chi connectivity index (χ0n) is 13.1. The number of hydrogen-bond acceptors (Lipinski definition) is 3. The van der Waals surface area contributed by atoms with Crippen LogP contribution in [0.2, 0.25) is 5.02 Å². The van der Waals surface area contributed by atoms with Crippen molar-refractivity contribution in [1.29, 1.82) is 0 Å². The van der Waals surface area contributed by atoms with Crippen LogP contribution in [0.4, 0.5) is 4.39 Å². The second kappa shape index (κ2) is 6.65. The largest absolute Gasteiger partial charge is 0.469 e.